The molecule has 0 spiro atoms. The molecule has 1 amide bonds. The molecule has 0 atom stereocenters. The molecule has 1 aromatic carbocycles. The van der Waals surface area contributed by atoms with Crippen molar-refractivity contribution in [1.29, 1.82) is 0 Å². The minimum atomic E-state index is -0.272. The molecule has 3 rings (SSSR count). The molecule has 0 N–H and O–H groups in total. The van der Waals surface area contributed by atoms with Gasteiger partial charge in [0.2, 0.25) is 0 Å². The Bertz CT molecular complexity index is 591. The molecule has 4 heteroatoms. The molecule has 1 aliphatic heterocycles. The first-order chi connectivity index (χ1) is 8.81. The number of benzene rings is 1. The number of thiophene rings is 1. The van der Waals surface area contributed by atoms with E-state index in [1.807, 2.05) is 30.5 Å². The van der Waals surface area contributed by atoms with Crippen molar-refractivity contribution in [2.45, 2.75) is 13.5 Å². The number of fused-ring (bicyclic) bond motifs is 3. The summed E-state index contributed by atoms with van der Waals surface area (Å²) in [5.74, 6) is 0. The Balaban J connectivity index is 2.07. The van der Waals surface area contributed by atoms with Crippen LogP contribution in [0.2, 0.25) is 0 Å². The maximum Gasteiger partial charge on any atom is 0.414 e. The molecular weight excluding hydrogens is 246 g/mol. The lowest BCUT2D eigenvalue weighted by Crippen LogP contribution is -2.33. The number of anilines is 1. The van der Waals surface area contributed by atoms with Gasteiger partial charge >= 0.3 is 6.09 Å². The first-order valence-corrected chi connectivity index (χ1v) is 6.79. The lowest BCUT2D eigenvalue weighted by atomic mass is 10.0. The molecule has 2 aromatic rings. The van der Waals surface area contributed by atoms with Crippen molar-refractivity contribution in [1.82, 2.24) is 0 Å². The Hall–Kier alpha value is -1.81. The molecule has 3 nitrogen and oxygen atoms in total. The minimum Gasteiger partial charge on any atom is -0.449 e. The molecule has 0 saturated heterocycles. The van der Waals surface area contributed by atoms with Gasteiger partial charge in [-0.2, -0.15) is 0 Å². The van der Waals surface area contributed by atoms with Crippen molar-refractivity contribution in [3.63, 3.8) is 0 Å². The maximum atomic E-state index is 12.0. The summed E-state index contributed by atoms with van der Waals surface area (Å²) in [7, 11) is 0. The Morgan fingerprint density at radius 1 is 1.39 bits per heavy atom. The van der Waals surface area contributed by atoms with Crippen LogP contribution in [-0.4, -0.2) is 12.7 Å². The minimum absolute atomic E-state index is 0.272. The quantitative estimate of drug-likeness (QED) is 0.777. The maximum absolute atomic E-state index is 12.0. The van der Waals surface area contributed by atoms with E-state index in [1.54, 1.807) is 16.2 Å². The van der Waals surface area contributed by atoms with Crippen LogP contribution in [0.3, 0.4) is 0 Å². The van der Waals surface area contributed by atoms with Crippen LogP contribution in [0.25, 0.3) is 10.4 Å². The fraction of sp³-hybridized carbons (Fsp3) is 0.214. The van der Waals surface area contributed by atoms with Gasteiger partial charge < -0.3 is 4.74 Å². The lowest BCUT2D eigenvalue weighted by molar-refractivity contribution is 0.159. The largest absolute Gasteiger partial charge is 0.449 e. The number of rotatable bonds is 1. The van der Waals surface area contributed by atoms with E-state index < -0.39 is 0 Å². The van der Waals surface area contributed by atoms with Crippen LogP contribution in [0.1, 0.15) is 12.5 Å². The van der Waals surface area contributed by atoms with Crippen LogP contribution < -0.4 is 4.90 Å². The van der Waals surface area contributed by atoms with E-state index in [4.69, 9.17) is 4.74 Å². The molecule has 1 aromatic heterocycles. The van der Waals surface area contributed by atoms with Gasteiger partial charge in [-0.15, -0.1) is 11.3 Å². The number of hydrogen-bond acceptors (Lipinski definition) is 3. The van der Waals surface area contributed by atoms with Gasteiger partial charge in [0.1, 0.15) is 0 Å². The topological polar surface area (TPSA) is 29.5 Å². The molecule has 0 aliphatic carbocycles. The fourth-order valence-corrected chi connectivity index (χ4v) is 3.17. The van der Waals surface area contributed by atoms with Crippen LogP contribution in [0.4, 0.5) is 10.5 Å². The van der Waals surface area contributed by atoms with Crippen molar-refractivity contribution in [3.05, 3.63) is 41.3 Å². The van der Waals surface area contributed by atoms with Crippen LogP contribution in [0.15, 0.2) is 35.7 Å². The summed E-state index contributed by atoms with van der Waals surface area (Å²) in [5, 5.41) is 2.01. The summed E-state index contributed by atoms with van der Waals surface area (Å²) < 4.78 is 5.11. The van der Waals surface area contributed by atoms with Gasteiger partial charge in [-0.1, -0.05) is 24.3 Å². The molecule has 0 fully saturated rings. The Kier molecular flexibility index (Phi) is 2.80. The van der Waals surface area contributed by atoms with Crippen molar-refractivity contribution in [2.75, 3.05) is 11.5 Å². The predicted molar refractivity (Wildman–Crippen MR) is 73.0 cm³/mol. The van der Waals surface area contributed by atoms with E-state index in [1.165, 1.54) is 11.1 Å². The number of carbonyl (C=O) groups excluding carboxylic acids is 1. The zero-order chi connectivity index (χ0) is 12.5. The molecule has 0 saturated carbocycles. The number of amides is 1. The summed E-state index contributed by atoms with van der Waals surface area (Å²) in [6.45, 7) is 2.81. The molecule has 0 radical (unpaired) electrons. The second kappa shape index (κ2) is 4.46. The van der Waals surface area contributed by atoms with Gasteiger partial charge in [-0.05, 0) is 29.5 Å². The van der Waals surface area contributed by atoms with Gasteiger partial charge in [0, 0.05) is 0 Å². The van der Waals surface area contributed by atoms with Crippen LogP contribution in [0.5, 0.6) is 0 Å². The summed E-state index contributed by atoms with van der Waals surface area (Å²) >= 11 is 1.66. The zero-order valence-corrected chi connectivity index (χ0v) is 10.9. The molecule has 92 valence electrons. The van der Waals surface area contributed by atoms with Crippen LogP contribution in [0, 0.1) is 0 Å². The van der Waals surface area contributed by atoms with Crippen LogP contribution in [-0.2, 0) is 11.3 Å². The van der Waals surface area contributed by atoms with Crippen molar-refractivity contribution in [3.8, 4) is 10.4 Å². The van der Waals surface area contributed by atoms with Crippen molar-refractivity contribution in [2.24, 2.45) is 0 Å². The molecule has 0 unspecified atom stereocenters. The highest BCUT2D eigenvalue weighted by Crippen LogP contribution is 2.42. The zero-order valence-electron chi connectivity index (χ0n) is 10.1. The summed E-state index contributed by atoms with van der Waals surface area (Å²) in [6.07, 6.45) is -0.272. The van der Waals surface area contributed by atoms with Gasteiger partial charge in [-0.3, -0.25) is 4.90 Å². The second-order valence-electron chi connectivity index (χ2n) is 4.08. The highest BCUT2D eigenvalue weighted by molar-refractivity contribution is 7.14. The number of carbonyl (C=O) groups is 1. The number of hydrogen-bond donors (Lipinski definition) is 0. The summed E-state index contributed by atoms with van der Waals surface area (Å²) in [4.78, 5) is 14.8. The van der Waals surface area contributed by atoms with Crippen LogP contribution >= 0.6 is 11.3 Å². The molecule has 2 heterocycles. The third-order valence-corrected chi connectivity index (χ3v) is 3.95. The monoisotopic (exact) mass is 259 g/mol. The van der Waals surface area contributed by atoms with Crippen molar-refractivity contribution < 1.29 is 9.53 Å². The van der Waals surface area contributed by atoms with E-state index in [2.05, 4.69) is 12.1 Å². The van der Waals surface area contributed by atoms with Gasteiger partial charge in [0.15, 0.2) is 0 Å². The molecule has 0 bridgehead atoms. The first-order valence-electron chi connectivity index (χ1n) is 5.91. The van der Waals surface area contributed by atoms with E-state index >= 15 is 0 Å². The Labute approximate surface area is 110 Å². The van der Waals surface area contributed by atoms with E-state index in [9.17, 15) is 4.79 Å². The van der Waals surface area contributed by atoms with E-state index in [0.717, 1.165) is 10.6 Å². The first kappa shape index (κ1) is 11.3. The molecule has 18 heavy (non-hydrogen) atoms. The molecular formula is C14H13NO2S. The summed E-state index contributed by atoms with van der Waals surface area (Å²) in [5.41, 5.74) is 3.35. The van der Waals surface area contributed by atoms with Crippen molar-refractivity contribution >= 4 is 23.1 Å². The SMILES string of the molecule is CCOC(=O)N1Cc2ccccc2-c2sccc21. The average Bonchev–Trinajstić information content (AvgIpc) is 2.87. The molecule has 1 aliphatic rings. The normalized spacial score (nSPS) is 12.8. The standard InChI is InChI=1S/C14H13NO2S/c1-2-17-14(16)15-9-10-5-3-4-6-11(10)13-12(15)7-8-18-13/h3-8H,2,9H2,1H3. The predicted octanol–water partition coefficient (Wildman–Crippen LogP) is 3.89. The summed E-state index contributed by atoms with van der Waals surface area (Å²) in [6, 6.07) is 10.2. The van der Waals surface area contributed by atoms with Gasteiger partial charge in [0.25, 0.3) is 0 Å². The average molecular weight is 259 g/mol. The Morgan fingerprint density at radius 2 is 2.22 bits per heavy atom. The number of ether oxygens (including phenoxy) is 1. The fourth-order valence-electron chi connectivity index (χ4n) is 2.22. The third kappa shape index (κ3) is 1.69. The Morgan fingerprint density at radius 3 is 3.06 bits per heavy atom. The highest BCUT2D eigenvalue weighted by atomic mass is 32.1. The smallest absolute Gasteiger partial charge is 0.414 e. The highest BCUT2D eigenvalue weighted by Gasteiger charge is 2.27. The van der Waals surface area contributed by atoms with Gasteiger partial charge in [-0.25, -0.2) is 4.79 Å². The second-order valence-corrected chi connectivity index (χ2v) is 4.99. The van der Waals surface area contributed by atoms with E-state index in [-0.39, 0.29) is 6.09 Å². The van der Waals surface area contributed by atoms with E-state index in [0.29, 0.717) is 13.2 Å². The lowest BCUT2D eigenvalue weighted by Gasteiger charge is -2.28. The third-order valence-electron chi connectivity index (χ3n) is 3.01. The van der Waals surface area contributed by atoms with Gasteiger partial charge in [0.05, 0.1) is 23.7 Å². The number of nitrogens with zero attached hydrogens (tertiary/aromatic N) is 1.